The third kappa shape index (κ3) is 4.48. The molecule has 19 heavy (non-hydrogen) atoms. The number of morpholine rings is 1. The Morgan fingerprint density at radius 2 is 1.89 bits per heavy atom. The maximum absolute atomic E-state index is 12.6. The average Bonchev–Trinajstić information content (AvgIpc) is 2.48. The van der Waals surface area contributed by atoms with Crippen LogP contribution in [0.5, 0.6) is 0 Å². The molecule has 1 atom stereocenters. The molecule has 2 aliphatic rings. The second-order valence-electron chi connectivity index (χ2n) is 6.16. The van der Waals surface area contributed by atoms with E-state index < -0.39 is 0 Å². The highest BCUT2D eigenvalue weighted by atomic mass is 16.5. The molecule has 0 N–H and O–H groups in total. The molecule has 0 bridgehead atoms. The van der Waals surface area contributed by atoms with Crippen molar-refractivity contribution in [2.75, 3.05) is 26.3 Å². The molecule has 0 radical (unpaired) electrons. The Kier molecular flexibility index (Phi) is 6.15. The lowest BCUT2D eigenvalue weighted by atomic mass is 9.81. The van der Waals surface area contributed by atoms with E-state index >= 15 is 0 Å². The molecule has 1 saturated heterocycles. The van der Waals surface area contributed by atoms with E-state index in [1.54, 1.807) is 0 Å². The molecule has 1 aliphatic heterocycles. The topological polar surface area (TPSA) is 29.5 Å². The van der Waals surface area contributed by atoms with Crippen molar-refractivity contribution >= 4 is 5.91 Å². The predicted molar refractivity (Wildman–Crippen MR) is 77.0 cm³/mol. The SMILES string of the molecule is CCCC(CC1CCCCC1)C(=O)N1CCOCC1. The Bertz CT molecular complexity index is 268. The van der Waals surface area contributed by atoms with Gasteiger partial charge in [0, 0.05) is 19.0 Å². The first kappa shape index (κ1) is 14.8. The van der Waals surface area contributed by atoms with Crippen LogP contribution >= 0.6 is 0 Å². The molecule has 0 spiro atoms. The van der Waals surface area contributed by atoms with Gasteiger partial charge in [-0.05, 0) is 18.8 Å². The van der Waals surface area contributed by atoms with Crippen molar-refractivity contribution < 1.29 is 9.53 Å². The van der Waals surface area contributed by atoms with Crippen LogP contribution in [0.25, 0.3) is 0 Å². The van der Waals surface area contributed by atoms with Gasteiger partial charge in [0.1, 0.15) is 0 Å². The normalized spacial score (nSPS) is 23.3. The highest BCUT2D eigenvalue weighted by molar-refractivity contribution is 5.78. The Labute approximate surface area is 117 Å². The standard InChI is InChI=1S/C16H29NO2/c1-2-6-15(13-14-7-4-3-5-8-14)16(18)17-9-11-19-12-10-17/h14-15H,2-13H2,1H3. The highest BCUT2D eigenvalue weighted by Gasteiger charge is 2.28. The van der Waals surface area contributed by atoms with E-state index in [9.17, 15) is 4.79 Å². The third-order valence-electron chi connectivity index (χ3n) is 4.65. The lowest BCUT2D eigenvalue weighted by molar-refractivity contribution is -0.140. The molecule has 2 fully saturated rings. The van der Waals surface area contributed by atoms with E-state index in [0.717, 1.165) is 38.3 Å². The summed E-state index contributed by atoms with van der Waals surface area (Å²) < 4.78 is 5.35. The summed E-state index contributed by atoms with van der Waals surface area (Å²) in [6.45, 7) is 5.22. The zero-order valence-electron chi connectivity index (χ0n) is 12.4. The number of nitrogens with zero attached hydrogens (tertiary/aromatic N) is 1. The summed E-state index contributed by atoms with van der Waals surface area (Å²) in [7, 11) is 0. The van der Waals surface area contributed by atoms with Crippen LogP contribution in [0, 0.1) is 11.8 Å². The molecular formula is C16H29NO2. The maximum atomic E-state index is 12.6. The molecule has 1 unspecified atom stereocenters. The summed E-state index contributed by atoms with van der Waals surface area (Å²) in [5.74, 6) is 1.47. The number of amides is 1. The molecule has 2 rings (SSSR count). The van der Waals surface area contributed by atoms with Gasteiger partial charge in [-0.2, -0.15) is 0 Å². The van der Waals surface area contributed by atoms with Gasteiger partial charge in [0.2, 0.25) is 5.91 Å². The van der Waals surface area contributed by atoms with E-state index in [-0.39, 0.29) is 5.92 Å². The summed E-state index contributed by atoms with van der Waals surface area (Å²) in [5.41, 5.74) is 0. The van der Waals surface area contributed by atoms with Gasteiger partial charge < -0.3 is 9.64 Å². The van der Waals surface area contributed by atoms with Crippen molar-refractivity contribution in [2.45, 2.75) is 58.3 Å². The minimum absolute atomic E-state index is 0.270. The largest absolute Gasteiger partial charge is 0.378 e. The number of carbonyl (C=O) groups is 1. The second kappa shape index (κ2) is 7.88. The highest BCUT2D eigenvalue weighted by Crippen LogP contribution is 2.31. The lowest BCUT2D eigenvalue weighted by Gasteiger charge is -2.32. The van der Waals surface area contributed by atoms with Crippen molar-refractivity contribution in [3.05, 3.63) is 0 Å². The second-order valence-corrected chi connectivity index (χ2v) is 6.16. The molecule has 3 nitrogen and oxygen atoms in total. The van der Waals surface area contributed by atoms with Crippen molar-refractivity contribution in [2.24, 2.45) is 11.8 Å². The van der Waals surface area contributed by atoms with Crippen LogP contribution < -0.4 is 0 Å². The Morgan fingerprint density at radius 1 is 1.21 bits per heavy atom. The van der Waals surface area contributed by atoms with Crippen molar-refractivity contribution in [3.8, 4) is 0 Å². The van der Waals surface area contributed by atoms with E-state index in [1.807, 2.05) is 4.90 Å². The Balaban J connectivity index is 1.87. The quantitative estimate of drug-likeness (QED) is 0.765. The molecule has 1 heterocycles. The lowest BCUT2D eigenvalue weighted by Crippen LogP contribution is -2.44. The minimum Gasteiger partial charge on any atom is -0.378 e. The van der Waals surface area contributed by atoms with Gasteiger partial charge in [-0.3, -0.25) is 4.79 Å². The summed E-state index contributed by atoms with van der Waals surface area (Å²) in [5, 5.41) is 0. The summed E-state index contributed by atoms with van der Waals surface area (Å²) in [6, 6.07) is 0. The number of hydrogen-bond donors (Lipinski definition) is 0. The molecule has 1 aliphatic carbocycles. The Hall–Kier alpha value is -0.570. The van der Waals surface area contributed by atoms with Crippen LogP contribution in [-0.2, 0) is 9.53 Å². The van der Waals surface area contributed by atoms with Gasteiger partial charge in [-0.1, -0.05) is 45.4 Å². The third-order valence-corrected chi connectivity index (χ3v) is 4.65. The fourth-order valence-electron chi connectivity index (χ4n) is 3.56. The number of rotatable bonds is 5. The molecule has 1 saturated carbocycles. The smallest absolute Gasteiger partial charge is 0.225 e. The monoisotopic (exact) mass is 267 g/mol. The summed E-state index contributed by atoms with van der Waals surface area (Å²) >= 11 is 0. The van der Waals surface area contributed by atoms with E-state index in [0.29, 0.717) is 19.1 Å². The molecule has 1 amide bonds. The van der Waals surface area contributed by atoms with Gasteiger partial charge in [0.05, 0.1) is 13.2 Å². The van der Waals surface area contributed by atoms with Crippen LogP contribution in [0.1, 0.15) is 58.3 Å². The van der Waals surface area contributed by atoms with Crippen LogP contribution in [0.2, 0.25) is 0 Å². The van der Waals surface area contributed by atoms with Crippen molar-refractivity contribution in [3.63, 3.8) is 0 Å². The van der Waals surface area contributed by atoms with Crippen LogP contribution in [-0.4, -0.2) is 37.1 Å². The van der Waals surface area contributed by atoms with Crippen LogP contribution in [0.3, 0.4) is 0 Å². The summed E-state index contributed by atoms with van der Waals surface area (Å²) in [4.78, 5) is 14.7. The molecule has 0 aromatic rings. The van der Waals surface area contributed by atoms with Crippen LogP contribution in [0.4, 0.5) is 0 Å². The van der Waals surface area contributed by atoms with Gasteiger partial charge in [0.15, 0.2) is 0 Å². The van der Waals surface area contributed by atoms with Crippen molar-refractivity contribution in [1.82, 2.24) is 4.90 Å². The zero-order valence-corrected chi connectivity index (χ0v) is 12.4. The minimum atomic E-state index is 0.270. The van der Waals surface area contributed by atoms with Gasteiger partial charge in [0.25, 0.3) is 0 Å². The molecule has 0 aromatic carbocycles. The number of carbonyl (C=O) groups excluding carboxylic acids is 1. The van der Waals surface area contributed by atoms with Gasteiger partial charge >= 0.3 is 0 Å². The fourth-order valence-corrected chi connectivity index (χ4v) is 3.56. The first-order valence-electron chi connectivity index (χ1n) is 8.17. The molecule has 110 valence electrons. The number of ether oxygens (including phenoxy) is 1. The summed E-state index contributed by atoms with van der Waals surface area (Å²) in [6.07, 6.45) is 10.1. The zero-order chi connectivity index (χ0) is 13.5. The molecular weight excluding hydrogens is 238 g/mol. The molecule has 0 aromatic heterocycles. The number of hydrogen-bond acceptors (Lipinski definition) is 2. The van der Waals surface area contributed by atoms with Gasteiger partial charge in [-0.15, -0.1) is 0 Å². The first-order valence-corrected chi connectivity index (χ1v) is 8.17. The Morgan fingerprint density at radius 3 is 2.53 bits per heavy atom. The van der Waals surface area contributed by atoms with Crippen LogP contribution in [0.15, 0.2) is 0 Å². The van der Waals surface area contributed by atoms with E-state index in [1.165, 1.54) is 32.1 Å². The van der Waals surface area contributed by atoms with E-state index in [4.69, 9.17) is 4.74 Å². The molecule has 3 heteroatoms. The first-order chi connectivity index (χ1) is 9.31. The van der Waals surface area contributed by atoms with Gasteiger partial charge in [-0.25, -0.2) is 0 Å². The average molecular weight is 267 g/mol. The fraction of sp³-hybridized carbons (Fsp3) is 0.938. The van der Waals surface area contributed by atoms with Crippen molar-refractivity contribution in [1.29, 1.82) is 0 Å². The maximum Gasteiger partial charge on any atom is 0.225 e. The van der Waals surface area contributed by atoms with E-state index in [2.05, 4.69) is 6.92 Å². The predicted octanol–water partition coefficient (Wildman–Crippen LogP) is 3.23.